The Morgan fingerprint density at radius 3 is 2.67 bits per heavy atom. The van der Waals surface area contributed by atoms with E-state index in [4.69, 9.17) is 14.6 Å². The fourth-order valence-corrected chi connectivity index (χ4v) is 2.16. The van der Waals surface area contributed by atoms with E-state index in [9.17, 15) is 4.79 Å². The van der Waals surface area contributed by atoms with Crippen LogP contribution >= 0.6 is 15.9 Å². The fourth-order valence-electron chi connectivity index (χ4n) is 1.82. The number of ether oxygens (including phenoxy) is 2. The third-order valence-electron chi connectivity index (χ3n) is 2.77. The molecule has 0 unspecified atom stereocenters. The number of hydrogen-bond donors (Lipinski definition) is 1. The summed E-state index contributed by atoms with van der Waals surface area (Å²) in [4.78, 5) is 10.9. The number of rotatable bonds is 6. The molecule has 2 rings (SSSR count). The highest BCUT2D eigenvalue weighted by molar-refractivity contribution is 9.10. The van der Waals surface area contributed by atoms with Crippen LogP contribution in [0.4, 0.5) is 0 Å². The molecule has 0 bridgehead atoms. The Kier molecular flexibility index (Phi) is 5.22. The van der Waals surface area contributed by atoms with Gasteiger partial charge in [0.05, 0.1) is 12.2 Å². The first-order valence-electron chi connectivity index (χ1n) is 6.47. The minimum Gasteiger partial charge on any atom is -0.490 e. The van der Waals surface area contributed by atoms with Crippen molar-refractivity contribution in [3.63, 3.8) is 0 Å². The van der Waals surface area contributed by atoms with Gasteiger partial charge in [-0.15, -0.1) is 0 Å². The molecule has 0 fully saturated rings. The van der Waals surface area contributed by atoms with Gasteiger partial charge in [0, 0.05) is 4.47 Å². The van der Waals surface area contributed by atoms with Crippen LogP contribution < -0.4 is 9.47 Å². The maximum atomic E-state index is 10.9. The zero-order chi connectivity index (χ0) is 15.2. The average Bonchev–Trinajstić information content (AvgIpc) is 2.47. The second-order valence-corrected chi connectivity index (χ2v) is 5.23. The molecule has 0 spiro atoms. The maximum absolute atomic E-state index is 10.9. The Hall–Kier alpha value is -2.01. The molecule has 21 heavy (non-hydrogen) atoms. The van der Waals surface area contributed by atoms with Crippen LogP contribution in [0.1, 0.15) is 22.8 Å². The average molecular weight is 351 g/mol. The molecule has 2 aromatic rings. The van der Waals surface area contributed by atoms with E-state index in [1.165, 1.54) is 0 Å². The predicted octanol–water partition coefficient (Wildman–Crippen LogP) is 4.13. The third-order valence-corrected chi connectivity index (χ3v) is 3.27. The molecular formula is C16H15BrO4. The predicted molar refractivity (Wildman–Crippen MR) is 83.0 cm³/mol. The topological polar surface area (TPSA) is 55.8 Å². The van der Waals surface area contributed by atoms with E-state index >= 15 is 0 Å². The summed E-state index contributed by atoms with van der Waals surface area (Å²) in [6.07, 6.45) is 0. The summed E-state index contributed by atoms with van der Waals surface area (Å²) in [6.45, 7) is 2.73. The molecule has 2 aromatic carbocycles. The van der Waals surface area contributed by atoms with Crippen LogP contribution in [0.2, 0.25) is 0 Å². The van der Waals surface area contributed by atoms with Gasteiger partial charge in [0.15, 0.2) is 11.5 Å². The minimum atomic E-state index is -0.949. The third kappa shape index (κ3) is 4.23. The van der Waals surface area contributed by atoms with E-state index < -0.39 is 5.97 Å². The first kappa shape index (κ1) is 15.4. The van der Waals surface area contributed by atoms with Gasteiger partial charge in [-0.1, -0.05) is 28.1 Å². The summed E-state index contributed by atoms with van der Waals surface area (Å²) >= 11 is 3.39. The highest BCUT2D eigenvalue weighted by Gasteiger charge is 2.07. The lowest BCUT2D eigenvalue weighted by Crippen LogP contribution is -2.02. The molecule has 0 radical (unpaired) electrons. The zero-order valence-corrected chi connectivity index (χ0v) is 13.1. The first-order valence-corrected chi connectivity index (χ1v) is 7.27. The van der Waals surface area contributed by atoms with Crippen molar-refractivity contribution in [3.8, 4) is 11.5 Å². The number of carbonyl (C=O) groups is 1. The molecule has 0 saturated carbocycles. The summed E-state index contributed by atoms with van der Waals surface area (Å²) < 4.78 is 12.2. The molecule has 0 saturated heterocycles. The lowest BCUT2D eigenvalue weighted by molar-refractivity contribution is 0.0696. The molecule has 0 aliphatic rings. The van der Waals surface area contributed by atoms with Crippen molar-refractivity contribution in [2.75, 3.05) is 6.61 Å². The Morgan fingerprint density at radius 1 is 1.14 bits per heavy atom. The molecule has 0 aliphatic carbocycles. The Labute approximate surface area is 131 Å². The monoisotopic (exact) mass is 350 g/mol. The Morgan fingerprint density at radius 2 is 1.95 bits per heavy atom. The summed E-state index contributed by atoms with van der Waals surface area (Å²) in [5.41, 5.74) is 1.04. The van der Waals surface area contributed by atoms with E-state index in [1.54, 1.807) is 18.2 Å². The number of aromatic carboxylic acids is 1. The van der Waals surface area contributed by atoms with E-state index in [2.05, 4.69) is 15.9 Å². The van der Waals surface area contributed by atoms with E-state index in [0.717, 1.165) is 10.0 Å². The van der Waals surface area contributed by atoms with Gasteiger partial charge in [-0.25, -0.2) is 4.79 Å². The van der Waals surface area contributed by atoms with E-state index in [1.807, 2.05) is 31.2 Å². The van der Waals surface area contributed by atoms with Crippen LogP contribution in [0.5, 0.6) is 11.5 Å². The molecule has 0 amide bonds. The van der Waals surface area contributed by atoms with Gasteiger partial charge in [-0.3, -0.25) is 0 Å². The fraction of sp³-hybridized carbons (Fsp3) is 0.188. The lowest BCUT2D eigenvalue weighted by Gasteiger charge is -2.12. The van der Waals surface area contributed by atoms with Crippen molar-refractivity contribution in [1.29, 1.82) is 0 Å². The van der Waals surface area contributed by atoms with Crippen LogP contribution in [0.15, 0.2) is 46.9 Å². The largest absolute Gasteiger partial charge is 0.490 e. The van der Waals surface area contributed by atoms with Crippen molar-refractivity contribution in [2.24, 2.45) is 0 Å². The minimum absolute atomic E-state index is 0.247. The van der Waals surface area contributed by atoms with Gasteiger partial charge >= 0.3 is 5.97 Å². The van der Waals surface area contributed by atoms with Crippen molar-refractivity contribution >= 4 is 21.9 Å². The van der Waals surface area contributed by atoms with Gasteiger partial charge in [0.2, 0.25) is 0 Å². The van der Waals surface area contributed by atoms with Crippen LogP contribution in [0.25, 0.3) is 0 Å². The SMILES string of the molecule is CCOc1cc(Br)ccc1OCc1cccc(C(=O)O)c1. The summed E-state index contributed by atoms with van der Waals surface area (Å²) in [7, 11) is 0. The van der Waals surface area contributed by atoms with Crippen molar-refractivity contribution in [1.82, 2.24) is 0 Å². The van der Waals surface area contributed by atoms with Crippen LogP contribution in [0, 0.1) is 0 Å². The Balaban J connectivity index is 2.12. The van der Waals surface area contributed by atoms with E-state index in [-0.39, 0.29) is 12.2 Å². The van der Waals surface area contributed by atoms with Gasteiger partial charge in [-0.2, -0.15) is 0 Å². The number of benzene rings is 2. The molecule has 0 aromatic heterocycles. The summed E-state index contributed by atoms with van der Waals surface area (Å²) in [6, 6.07) is 12.2. The molecule has 110 valence electrons. The summed E-state index contributed by atoms with van der Waals surface area (Å²) in [5.74, 6) is 0.331. The Bertz CT molecular complexity index is 640. The number of carboxylic acid groups (broad SMARTS) is 1. The van der Waals surface area contributed by atoms with E-state index in [0.29, 0.717) is 18.1 Å². The number of carboxylic acids is 1. The maximum Gasteiger partial charge on any atom is 0.335 e. The highest BCUT2D eigenvalue weighted by Crippen LogP contribution is 2.31. The van der Waals surface area contributed by atoms with Gasteiger partial charge < -0.3 is 14.6 Å². The number of halogens is 1. The first-order chi connectivity index (χ1) is 10.1. The lowest BCUT2D eigenvalue weighted by atomic mass is 10.1. The normalized spacial score (nSPS) is 10.2. The van der Waals surface area contributed by atoms with Crippen LogP contribution in [-0.4, -0.2) is 17.7 Å². The smallest absolute Gasteiger partial charge is 0.335 e. The second-order valence-electron chi connectivity index (χ2n) is 4.32. The molecule has 0 heterocycles. The molecule has 1 N–H and O–H groups in total. The zero-order valence-electron chi connectivity index (χ0n) is 11.5. The molecule has 5 heteroatoms. The molecule has 4 nitrogen and oxygen atoms in total. The van der Waals surface area contributed by atoms with Crippen molar-refractivity contribution in [2.45, 2.75) is 13.5 Å². The van der Waals surface area contributed by atoms with Gasteiger partial charge in [0.1, 0.15) is 6.61 Å². The summed E-state index contributed by atoms with van der Waals surface area (Å²) in [5, 5.41) is 8.97. The standard InChI is InChI=1S/C16H15BrO4/c1-2-20-15-9-13(17)6-7-14(15)21-10-11-4-3-5-12(8-11)16(18)19/h3-9H,2,10H2,1H3,(H,18,19). The van der Waals surface area contributed by atoms with Crippen LogP contribution in [0.3, 0.4) is 0 Å². The molecule has 0 atom stereocenters. The van der Waals surface area contributed by atoms with Gasteiger partial charge in [0.25, 0.3) is 0 Å². The van der Waals surface area contributed by atoms with Crippen LogP contribution in [-0.2, 0) is 6.61 Å². The molecule has 0 aliphatic heterocycles. The quantitative estimate of drug-likeness (QED) is 0.850. The second kappa shape index (κ2) is 7.13. The highest BCUT2D eigenvalue weighted by atomic mass is 79.9. The molecular weight excluding hydrogens is 336 g/mol. The van der Waals surface area contributed by atoms with Crippen molar-refractivity contribution < 1.29 is 19.4 Å². The van der Waals surface area contributed by atoms with Gasteiger partial charge in [-0.05, 0) is 42.8 Å². The number of hydrogen-bond acceptors (Lipinski definition) is 3. The van der Waals surface area contributed by atoms with Crippen molar-refractivity contribution in [3.05, 3.63) is 58.1 Å².